The fourth-order valence-corrected chi connectivity index (χ4v) is 2.56. The van der Waals surface area contributed by atoms with Crippen molar-refractivity contribution in [3.05, 3.63) is 29.8 Å². The molecule has 2 amide bonds. The minimum Gasteiger partial charge on any atom is -0.336 e. The number of carbonyl (C=O) groups excluding carboxylic acids is 1. The largest absolute Gasteiger partial charge is 0.336 e. The van der Waals surface area contributed by atoms with Gasteiger partial charge in [0.25, 0.3) is 0 Å². The van der Waals surface area contributed by atoms with Crippen LogP contribution in [-0.2, 0) is 6.54 Å². The Balaban J connectivity index is 1.57. The van der Waals surface area contributed by atoms with Crippen molar-refractivity contribution in [1.82, 2.24) is 10.6 Å². The quantitative estimate of drug-likeness (QED) is 0.755. The summed E-state index contributed by atoms with van der Waals surface area (Å²) in [6.45, 7) is 4.42. The maximum atomic E-state index is 11.6. The Kier molecular flexibility index (Phi) is 3.40. The van der Waals surface area contributed by atoms with Gasteiger partial charge in [-0.05, 0) is 37.5 Å². The molecule has 108 valence electrons. The molecule has 1 aromatic carbocycles. The van der Waals surface area contributed by atoms with E-state index in [1.807, 2.05) is 12.1 Å². The monoisotopic (exact) mass is 274 g/mol. The molecule has 20 heavy (non-hydrogen) atoms. The number of nitrogens with two attached hydrogens (primary N) is 1. The molecule has 1 atom stereocenters. The van der Waals surface area contributed by atoms with Crippen molar-refractivity contribution >= 4 is 11.7 Å². The van der Waals surface area contributed by atoms with Crippen LogP contribution in [0.2, 0.25) is 0 Å². The first-order valence-electron chi connectivity index (χ1n) is 7.25. The van der Waals surface area contributed by atoms with Crippen LogP contribution in [0.1, 0.15) is 25.3 Å². The highest BCUT2D eigenvalue weighted by Gasteiger charge is 2.43. The van der Waals surface area contributed by atoms with Crippen molar-refractivity contribution < 1.29 is 4.79 Å². The van der Waals surface area contributed by atoms with E-state index in [9.17, 15) is 4.79 Å². The van der Waals surface area contributed by atoms with Crippen LogP contribution in [0.5, 0.6) is 0 Å². The number of nitrogens with zero attached hydrogens (tertiary/aromatic N) is 1. The molecule has 4 N–H and O–H groups in total. The van der Waals surface area contributed by atoms with E-state index in [-0.39, 0.29) is 11.6 Å². The fourth-order valence-electron chi connectivity index (χ4n) is 2.56. The number of rotatable bonds is 5. The maximum absolute atomic E-state index is 11.6. The molecule has 3 rings (SSSR count). The minimum absolute atomic E-state index is 0.00752. The van der Waals surface area contributed by atoms with E-state index >= 15 is 0 Å². The summed E-state index contributed by atoms with van der Waals surface area (Å²) in [5.74, 6) is 0. The molecule has 1 unspecified atom stereocenters. The lowest BCUT2D eigenvalue weighted by Gasteiger charge is -2.20. The predicted molar refractivity (Wildman–Crippen MR) is 79.6 cm³/mol. The second-order valence-corrected chi connectivity index (χ2v) is 5.89. The van der Waals surface area contributed by atoms with E-state index in [4.69, 9.17) is 5.73 Å². The van der Waals surface area contributed by atoms with Gasteiger partial charge >= 0.3 is 6.03 Å². The van der Waals surface area contributed by atoms with Crippen molar-refractivity contribution in [1.29, 1.82) is 0 Å². The van der Waals surface area contributed by atoms with Crippen molar-refractivity contribution in [2.45, 2.75) is 37.9 Å². The van der Waals surface area contributed by atoms with E-state index in [0.29, 0.717) is 6.04 Å². The molecule has 2 fully saturated rings. The number of anilines is 1. The lowest BCUT2D eigenvalue weighted by molar-refractivity contribution is 0.252. The number of nitrogens with one attached hydrogen (secondary N) is 2. The molecule has 0 aromatic heterocycles. The molecule has 0 radical (unpaired) electrons. The Morgan fingerprint density at radius 1 is 1.40 bits per heavy atom. The van der Waals surface area contributed by atoms with Gasteiger partial charge in [-0.3, -0.25) is 4.90 Å². The Morgan fingerprint density at radius 2 is 2.10 bits per heavy atom. The molecule has 1 aliphatic carbocycles. The third-order valence-corrected chi connectivity index (χ3v) is 4.41. The van der Waals surface area contributed by atoms with E-state index in [0.717, 1.165) is 38.2 Å². The first kappa shape index (κ1) is 13.4. The van der Waals surface area contributed by atoms with Crippen molar-refractivity contribution in [3.8, 4) is 0 Å². The highest BCUT2D eigenvalue weighted by atomic mass is 16.2. The van der Waals surface area contributed by atoms with Gasteiger partial charge in [0, 0.05) is 36.9 Å². The van der Waals surface area contributed by atoms with Gasteiger partial charge in [0.1, 0.15) is 0 Å². The van der Waals surface area contributed by atoms with Crippen molar-refractivity contribution in [2.24, 2.45) is 5.73 Å². The van der Waals surface area contributed by atoms with Crippen LogP contribution in [-0.4, -0.2) is 30.7 Å². The average Bonchev–Trinajstić information content (AvgIpc) is 3.07. The van der Waals surface area contributed by atoms with E-state index in [1.165, 1.54) is 5.56 Å². The standard InChI is InChI=1S/C15H22N4O/c1-11(15(16)6-7-15)18-10-12-2-4-13(5-3-12)19-9-8-17-14(19)20/h2-5,11,18H,6-10,16H2,1H3,(H,17,20). The normalized spacial score (nSPS) is 21.7. The summed E-state index contributed by atoms with van der Waals surface area (Å²) in [6, 6.07) is 8.46. The van der Waals surface area contributed by atoms with Crippen LogP contribution < -0.4 is 21.3 Å². The SMILES string of the molecule is CC(NCc1ccc(N2CCNC2=O)cc1)C1(N)CC1. The van der Waals surface area contributed by atoms with E-state index in [1.54, 1.807) is 4.90 Å². The molecule has 1 aromatic rings. The molecule has 2 aliphatic rings. The molecule has 0 spiro atoms. The third kappa shape index (κ3) is 2.64. The van der Waals surface area contributed by atoms with Gasteiger partial charge in [-0.2, -0.15) is 0 Å². The maximum Gasteiger partial charge on any atom is 0.321 e. The van der Waals surface area contributed by atoms with Gasteiger partial charge in [-0.1, -0.05) is 12.1 Å². The number of hydrogen-bond acceptors (Lipinski definition) is 3. The van der Waals surface area contributed by atoms with Crippen LogP contribution in [0.25, 0.3) is 0 Å². The Bertz CT molecular complexity index is 495. The third-order valence-electron chi connectivity index (χ3n) is 4.41. The fraction of sp³-hybridized carbons (Fsp3) is 0.533. The number of urea groups is 1. The zero-order valence-electron chi connectivity index (χ0n) is 11.9. The molecule has 1 aliphatic heterocycles. The highest BCUT2D eigenvalue weighted by Crippen LogP contribution is 2.35. The summed E-state index contributed by atoms with van der Waals surface area (Å²) in [4.78, 5) is 13.3. The first-order valence-corrected chi connectivity index (χ1v) is 7.25. The van der Waals surface area contributed by atoms with Crippen LogP contribution in [0.3, 0.4) is 0 Å². The van der Waals surface area contributed by atoms with Gasteiger partial charge < -0.3 is 16.4 Å². The summed E-state index contributed by atoms with van der Waals surface area (Å²) in [5.41, 5.74) is 8.34. The zero-order valence-corrected chi connectivity index (χ0v) is 11.9. The van der Waals surface area contributed by atoms with E-state index in [2.05, 4.69) is 29.7 Å². The lowest BCUT2D eigenvalue weighted by atomic mass is 10.1. The smallest absolute Gasteiger partial charge is 0.321 e. The van der Waals surface area contributed by atoms with Crippen molar-refractivity contribution in [3.63, 3.8) is 0 Å². The Morgan fingerprint density at radius 3 is 2.65 bits per heavy atom. The summed E-state index contributed by atoms with van der Waals surface area (Å²) in [6.07, 6.45) is 2.23. The number of benzene rings is 1. The molecule has 5 heteroatoms. The van der Waals surface area contributed by atoms with Gasteiger partial charge in [0.05, 0.1) is 0 Å². The molecule has 1 heterocycles. The van der Waals surface area contributed by atoms with Crippen LogP contribution in [0.4, 0.5) is 10.5 Å². The number of hydrogen-bond donors (Lipinski definition) is 3. The number of carbonyl (C=O) groups is 1. The summed E-state index contributed by atoms with van der Waals surface area (Å²) >= 11 is 0. The second-order valence-electron chi connectivity index (χ2n) is 5.89. The number of amides is 2. The predicted octanol–water partition coefficient (Wildman–Crippen LogP) is 1.19. The summed E-state index contributed by atoms with van der Waals surface area (Å²) in [7, 11) is 0. The van der Waals surface area contributed by atoms with Crippen LogP contribution >= 0.6 is 0 Å². The van der Waals surface area contributed by atoms with Crippen LogP contribution in [0.15, 0.2) is 24.3 Å². The second kappa shape index (κ2) is 5.07. The molecular formula is C15H22N4O. The molecular weight excluding hydrogens is 252 g/mol. The zero-order chi connectivity index (χ0) is 14.2. The molecule has 5 nitrogen and oxygen atoms in total. The molecule has 1 saturated heterocycles. The molecule has 0 bridgehead atoms. The van der Waals surface area contributed by atoms with Crippen molar-refractivity contribution in [2.75, 3.05) is 18.0 Å². The Hall–Kier alpha value is -1.59. The van der Waals surface area contributed by atoms with Gasteiger partial charge in [-0.25, -0.2) is 4.79 Å². The molecule has 1 saturated carbocycles. The van der Waals surface area contributed by atoms with E-state index < -0.39 is 0 Å². The highest BCUT2D eigenvalue weighted by molar-refractivity contribution is 5.93. The summed E-state index contributed by atoms with van der Waals surface area (Å²) < 4.78 is 0. The first-order chi connectivity index (χ1) is 9.58. The Labute approximate surface area is 119 Å². The van der Waals surface area contributed by atoms with Gasteiger partial charge in [0.2, 0.25) is 0 Å². The topological polar surface area (TPSA) is 70.4 Å². The van der Waals surface area contributed by atoms with Crippen LogP contribution in [0, 0.1) is 0 Å². The minimum atomic E-state index is -0.0108. The summed E-state index contributed by atoms with van der Waals surface area (Å²) in [5, 5.41) is 6.29. The average molecular weight is 274 g/mol. The van der Waals surface area contributed by atoms with Gasteiger partial charge in [-0.15, -0.1) is 0 Å². The lowest BCUT2D eigenvalue weighted by Crippen LogP contribution is -2.44. The van der Waals surface area contributed by atoms with Gasteiger partial charge in [0.15, 0.2) is 0 Å².